The number of ether oxygens (including phenoxy) is 1. The number of aromatic hydroxyl groups is 1. The third-order valence-corrected chi connectivity index (χ3v) is 2.50. The lowest BCUT2D eigenvalue weighted by Gasteiger charge is -2.23. The van der Waals surface area contributed by atoms with Gasteiger partial charge in [-0.25, -0.2) is 9.18 Å². The van der Waals surface area contributed by atoms with Crippen LogP contribution in [0.3, 0.4) is 0 Å². The highest BCUT2D eigenvalue weighted by molar-refractivity contribution is 5.68. The van der Waals surface area contributed by atoms with Crippen LogP contribution in [0.15, 0.2) is 18.2 Å². The van der Waals surface area contributed by atoms with Crippen LogP contribution in [0.25, 0.3) is 0 Å². The predicted molar refractivity (Wildman–Crippen MR) is 74.0 cm³/mol. The molecule has 0 aliphatic heterocycles. The summed E-state index contributed by atoms with van der Waals surface area (Å²) in [7, 11) is 0. The SMILES string of the molecule is CC(C)(C)OC(=O)NC(CN)Cc1ccc(O)c(F)c1. The van der Waals surface area contributed by atoms with Crippen molar-refractivity contribution in [2.75, 3.05) is 6.54 Å². The average Bonchev–Trinajstić information content (AvgIpc) is 2.30. The number of benzene rings is 1. The van der Waals surface area contributed by atoms with Crippen LogP contribution in [-0.4, -0.2) is 29.4 Å². The Morgan fingerprint density at radius 2 is 2.15 bits per heavy atom. The summed E-state index contributed by atoms with van der Waals surface area (Å²) < 4.78 is 18.4. The van der Waals surface area contributed by atoms with Crippen LogP contribution < -0.4 is 11.1 Å². The highest BCUT2D eigenvalue weighted by Crippen LogP contribution is 2.17. The Morgan fingerprint density at radius 3 is 2.65 bits per heavy atom. The summed E-state index contributed by atoms with van der Waals surface area (Å²) in [4.78, 5) is 11.6. The molecule has 1 unspecified atom stereocenters. The lowest BCUT2D eigenvalue weighted by molar-refractivity contribution is 0.0506. The van der Waals surface area contributed by atoms with E-state index in [2.05, 4.69) is 5.32 Å². The maximum absolute atomic E-state index is 13.2. The molecule has 0 saturated carbocycles. The second kappa shape index (κ2) is 6.56. The zero-order valence-electron chi connectivity index (χ0n) is 11.9. The van der Waals surface area contributed by atoms with Gasteiger partial charge >= 0.3 is 6.09 Å². The number of nitrogens with one attached hydrogen (secondary N) is 1. The Hall–Kier alpha value is -1.82. The van der Waals surface area contributed by atoms with Gasteiger partial charge in [0.15, 0.2) is 11.6 Å². The zero-order chi connectivity index (χ0) is 15.3. The summed E-state index contributed by atoms with van der Waals surface area (Å²) in [6, 6.07) is 3.70. The molecule has 0 spiro atoms. The molecule has 0 aromatic heterocycles. The molecule has 5 nitrogen and oxygen atoms in total. The Kier molecular flexibility index (Phi) is 5.33. The summed E-state index contributed by atoms with van der Waals surface area (Å²) in [6.07, 6.45) is -0.209. The van der Waals surface area contributed by atoms with Gasteiger partial charge in [0.05, 0.1) is 0 Å². The first-order chi connectivity index (χ1) is 9.21. The third-order valence-electron chi connectivity index (χ3n) is 2.50. The van der Waals surface area contributed by atoms with Gasteiger partial charge in [-0.05, 0) is 44.9 Å². The number of rotatable bonds is 4. The normalized spacial score (nSPS) is 12.8. The average molecular weight is 284 g/mol. The van der Waals surface area contributed by atoms with E-state index < -0.39 is 23.3 Å². The Labute approximate surface area is 117 Å². The molecule has 1 rings (SSSR count). The molecule has 0 fully saturated rings. The first-order valence-electron chi connectivity index (χ1n) is 6.38. The van der Waals surface area contributed by atoms with Crippen molar-refractivity contribution in [1.29, 1.82) is 0 Å². The lowest BCUT2D eigenvalue weighted by Crippen LogP contribution is -2.44. The molecule has 1 aromatic carbocycles. The van der Waals surface area contributed by atoms with Crippen molar-refractivity contribution >= 4 is 6.09 Å². The molecule has 4 N–H and O–H groups in total. The van der Waals surface area contributed by atoms with E-state index in [9.17, 15) is 9.18 Å². The lowest BCUT2D eigenvalue weighted by atomic mass is 10.1. The van der Waals surface area contributed by atoms with Crippen molar-refractivity contribution in [2.45, 2.75) is 38.8 Å². The van der Waals surface area contributed by atoms with E-state index in [0.29, 0.717) is 12.0 Å². The number of phenolic OH excluding ortho intramolecular Hbond substituents is 1. The number of nitrogens with two attached hydrogens (primary N) is 1. The summed E-state index contributed by atoms with van der Waals surface area (Å²) in [5.41, 5.74) is 5.63. The first-order valence-corrected chi connectivity index (χ1v) is 6.38. The second-order valence-electron chi connectivity index (χ2n) is 5.57. The van der Waals surface area contributed by atoms with Gasteiger partial charge in [0.1, 0.15) is 5.60 Å². The third kappa shape index (κ3) is 5.44. The van der Waals surface area contributed by atoms with Crippen molar-refractivity contribution in [2.24, 2.45) is 5.73 Å². The zero-order valence-corrected chi connectivity index (χ0v) is 11.9. The maximum atomic E-state index is 13.2. The number of phenols is 1. The van der Waals surface area contributed by atoms with Crippen LogP contribution in [0.4, 0.5) is 9.18 Å². The topological polar surface area (TPSA) is 84.6 Å². The molecule has 1 atom stereocenters. The molecule has 0 radical (unpaired) electrons. The summed E-state index contributed by atoms with van der Waals surface area (Å²) >= 11 is 0. The molecule has 112 valence electrons. The molecule has 0 bridgehead atoms. The number of amides is 1. The van der Waals surface area contributed by atoms with Gasteiger partial charge in [-0.1, -0.05) is 6.07 Å². The van der Waals surface area contributed by atoms with Gasteiger partial charge < -0.3 is 20.9 Å². The molecule has 0 saturated heterocycles. The molecule has 0 heterocycles. The minimum atomic E-state index is -0.699. The number of halogens is 1. The van der Waals surface area contributed by atoms with E-state index in [4.69, 9.17) is 15.6 Å². The quantitative estimate of drug-likeness (QED) is 0.788. The number of hydrogen-bond donors (Lipinski definition) is 3. The van der Waals surface area contributed by atoms with Crippen LogP contribution in [0.1, 0.15) is 26.3 Å². The number of alkyl carbamates (subject to hydrolysis) is 1. The first kappa shape index (κ1) is 16.2. The van der Waals surface area contributed by atoms with Crippen molar-refractivity contribution in [3.05, 3.63) is 29.6 Å². The van der Waals surface area contributed by atoms with Crippen LogP contribution in [-0.2, 0) is 11.2 Å². The fraction of sp³-hybridized carbons (Fsp3) is 0.500. The van der Waals surface area contributed by atoms with Crippen LogP contribution in [0.2, 0.25) is 0 Å². The van der Waals surface area contributed by atoms with E-state index in [1.54, 1.807) is 26.8 Å². The Balaban J connectivity index is 2.63. The minimum absolute atomic E-state index is 0.196. The molecule has 0 aliphatic rings. The van der Waals surface area contributed by atoms with Gasteiger partial charge in [0.25, 0.3) is 0 Å². The van der Waals surface area contributed by atoms with Crippen LogP contribution >= 0.6 is 0 Å². The standard InChI is InChI=1S/C14H21FN2O3/c1-14(2,3)20-13(19)17-10(8-16)6-9-4-5-12(18)11(15)7-9/h4-5,7,10,18H,6,8,16H2,1-3H3,(H,17,19). The molecule has 0 aliphatic carbocycles. The van der Waals surface area contributed by atoms with Gasteiger partial charge in [0.2, 0.25) is 0 Å². The van der Waals surface area contributed by atoms with E-state index in [0.717, 1.165) is 0 Å². The largest absolute Gasteiger partial charge is 0.505 e. The molecular weight excluding hydrogens is 263 g/mol. The van der Waals surface area contributed by atoms with Gasteiger partial charge in [0, 0.05) is 12.6 Å². The van der Waals surface area contributed by atoms with Gasteiger partial charge in [-0.2, -0.15) is 0 Å². The van der Waals surface area contributed by atoms with Crippen molar-refractivity contribution in [3.8, 4) is 5.75 Å². The summed E-state index contributed by atoms with van der Waals surface area (Å²) in [5, 5.41) is 11.8. The van der Waals surface area contributed by atoms with E-state index in [1.165, 1.54) is 12.1 Å². The fourth-order valence-corrected chi connectivity index (χ4v) is 1.63. The van der Waals surface area contributed by atoms with Gasteiger partial charge in [-0.15, -0.1) is 0 Å². The monoisotopic (exact) mass is 284 g/mol. The smallest absolute Gasteiger partial charge is 0.407 e. The Bertz CT molecular complexity index is 472. The van der Waals surface area contributed by atoms with E-state index in [1.807, 2.05) is 0 Å². The Morgan fingerprint density at radius 1 is 1.50 bits per heavy atom. The number of hydrogen-bond acceptors (Lipinski definition) is 4. The highest BCUT2D eigenvalue weighted by atomic mass is 19.1. The highest BCUT2D eigenvalue weighted by Gasteiger charge is 2.19. The molecule has 6 heteroatoms. The number of carbonyl (C=O) groups excluding carboxylic acids is 1. The predicted octanol–water partition coefficient (Wildman–Crippen LogP) is 1.93. The number of carbonyl (C=O) groups is 1. The minimum Gasteiger partial charge on any atom is -0.505 e. The van der Waals surface area contributed by atoms with Crippen LogP contribution in [0.5, 0.6) is 5.75 Å². The van der Waals surface area contributed by atoms with Crippen molar-refractivity contribution in [1.82, 2.24) is 5.32 Å². The second-order valence-corrected chi connectivity index (χ2v) is 5.57. The molecule has 20 heavy (non-hydrogen) atoms. The summed E-state index contributed by atoms with van der Waals surface area (Å²) in [5.74, 6) is -1.10. The van der Waals surface area contributed by atoms with Gasteiger partial charge in [-0.3, -0.25) is 0 Å². The van der Waals surface area contributed by atoms with E-state index in [-0.39, 0.29) is 12.6 Å². The summed E-state index contributed by atoms with van der Waals surface area (Å²) in [6.45, 7) is 5.49. The molecular formula is C14H21FN2O3. The van der Waals surface area contributed by atoms with Crippen molar-refractivity contribution in [3.63, 3.8) is 0 Å². The van der Waals surface area contributed by atoms with E-state index >= 15 is 0 Å². The van der Waals surface area contributed by atoms with Crippen molar-refractivity contribution < 1.29 is 19.0 Å². The fourth-order valence-electron chi connectivity index (χ4n) is 1.63. The van der Waals surface area contributed by atoms with Crippen LogP contribution in [0, 0.1) is 5.82 Å². The molecule has 1 amide bonds. The maximum Gasteiger partial charge on any atom is 0.407 e. The molecule has 1 aromatic rings.